The molecule has 96 valence electrons. The lowest BCUT2D eigenvalue weighted by Crippen LogP contribution is -2.44. The van der Waals surface area contributed by atoms with Gasteiger partial charge in [-0.05, 0) is 25.2 Å². The van der Waals surface area contributed by atoms with E-state index in [-0.39, 0.29) is 12.6 Å². The van der Waals surface area contributed by atoms with E-state index in [1.807, 2.05) is 0 Å². The second kappa shape index (κ2) is 7.29. The average molecular weight is 227 g/mol. The van der Waals surface area contributed by atoms with Gasteiger partial charge in [0.05, 0.1) is 6.61 Å². The molecule has 0 heterocycles. The summed E-state index contributed by atoms with van der Waals surface area (Å²) in [7, 11) is 0. The van der Waals surface area contributed by atoms with E-state index in [0.29, 0.717) is 6.04 Å². The summed E-state index contributed by atoms with van der Waals surface area (Å²) in [4.78, 5) is 0. The second-order valence-electron chi connectivity index (χ2n) is 5.50. The van der Waals surface area contributed by atoms with Crippen molar-refractivity contribution in [2.24, 2.45) is 11.8 Å². The monoisotopic (exact) mass is 227 g/mol. The summed E-state index contributed by atoms with van der Waals surface area (Å²) in [6.07, 6.45) is 8.08. The Morgan fingerprint density at radius 2 is 1.81 bits per heavy atom. The van der Waals surface area contributed by atoms with Crippen molar-refractivity contribution in [3.63, 3.8) is 0 Å². The van der Waals surface area contributed by atoms with Gasteiger partial charge in [0.2, 0.25) is 0 Å². The number of hydrogen-bond donors (Lipinski definition) is 2. The van der Waals surface area contributed by atoms with Gasteiger partial charge in [0, 0.05) is 12.1 Å². The minimum atomic E-state index is 0.262. The quantitative estimate of drug-likeness (QED) is 0.731. The molecule has 1 saturated carbocycles. The van der Waals surface area contributed by atoms with E-state index in [1.54, 1.807) is 0 Å². The molecule has 2 heteroatoms. The predicted octanol–water partition coefficient (Wildman–Crippen LogP) is 2.95. The molecule has 3 atom stereocenters. The van der Waals surface area contributed by atoms with Crippen LogP contribution in [-0.2, 0) is 0 Å². The van der Waals surface area contributed by atoms with Crippen molar-refractivity contribution in [1.29, 1.82) is 0 Å². The summed E-state index contributed by atoms with van der Waals surface area (Å²) in [5.41, 5.74) is 0. The molecule has 16 heavy (non-hydrogen) atoms. The highest BCUT2D eigenvalue weighted by molar-refractivity contribution is 4.80. The molecule has 0 aromatic rings. The third-order valence-corrected chi connectivity index (χ3v) is 4.39. The first kappa shape index (κ1) is 14.0. The Morgan fingerprint density at radius 1 is 1.19 bits per heavy atom. The molecule has 2 unspecified atom stereocenters. The molecular weight excluding hydrogens is 198 g/mol. The maximum absolute atomic E-state index is 9.20. The largest absolute Gasteiger partial charge is 0.395 e. The van der Waals surface area contributed by atoms with Crippen LogP contribution in [0.1, 0.15) is 59.3 Å². The fraction of sp³-hybridized carbons (Fsp3) is 1.00. The van der Waals surface area contributed by atoms with Crippen molar-refractivity contribution >= 4 is 0 Å². The number of rotatable bonds is 6. The SMILES string of the molecule is CC[C@H](CO)NC(C)C(C)C1CCCCC1. The van der Waals surface area contributed by atoms with E-state index in [0.717, 1.165) is 18.3 Å². The van der Waals surface area contributed by atoms with Crippen LogP contribution in [-0.4, -0.2) is 23.8 Å². The lowest BCUT2D eigenvalue weighted by molar-refractivity contribution is 0.179. The summed E-state index contributed by atoms with van der Waals surface area (Å²) in [6, 6.07) is 0.807. The van der Waals surface area contributed by atoms with Gasteiger partial charge in [-0.25, -0.2) is 0 Å². The Balaban J connectivity index is 2.36. The van der Waals surface area contributed by atoms with E-state index in [2.05, 4.69) is 26.1 Å². The molecule has 1 aliphatic rings. The van der Waals surface area contributed by atoms with Gasteiger partial charge in [-0.15, -0.1) is 0 Å². The van der Waals surface area contributed by atoms with E-state index in [4.69, 9.17) is 0 Å². The molecule has 2 N–H and O–H groups in total. The van der Waals surface area contributed by atoms with Crippen LogP contribution < -0.4 is 5.32 Å². The van der Waals surface area contributed by atoms with Gasteiger partial charge >= 0.3 is 0 Å². The minimum absolute atomic E-state index is 0.262. The number of hydrogen-bond acceptors (Lipinski definition) is 2. The molecule has 2 nitrogen and oxygen atoms in total. The molecular formula is C14H29NO. The zero-order chi connectivity index (χ0) is 12.0. The summed E-state index contributed by atoms with van der Waals surface area (Å²) >= 11 is 0. The van der Waals surface area contributed by atoms with Gasteiger partial charge < -0.3 is 10.4 Å². The lowest BCUT2D eigenvalue weighted by Gasteiger charge is -2.34. The third-order valence-electron chi connectivity index (χ3n) is 4.39. The van der Waals surface area contributed by atoms with Crippen molar-refractivity contribution < 1.29 is 5.11 Å². The van der Waals surface area contributed by atoms with E-state index < -0.39 is 0 Å². The molecule has 0 amide bonds. The van der Waals surface area contributed by atoms with Crippen LogP contribution in [0.2, 0.25) is 0 Å². The number of aliphatic hydroxyl groups excluding tert-OH is 1. The molecule has 0 radical (unpaired) electrons. The van der Waals surface area contributed by atoms with Crippen LogP contribution in [0.25, 0.3) is 0 Å². The first-order valence-corrected chi connectivity index (χ1v) is 7.06. The Bertz CT molecular complexity index is 174. The molecule has 0 bridgehead atoms. The van der Waals surface area contributed by atoms with E-state index in [9.17, 15) is 5.11 Å². The van der Waals surface area contributed by atoms with Crippen LogP contribution in [0.4, 0.5) is 0 Å². The maximum atomic E-state index is 9.20. The topological polar surface area (TPSA) is 32.3 Å². The second-order valence-corrected chi connectivity index (χ2v) is 5.50. The first-order valence-electron chi connectivity index (χ1n) is 7.06. The van der Waals surface area contributed by atoms with Crippen molar-refractivity contribution in [1.82, 2.24) is 5.32 Å². The average Bonchev–Trinajstić information content (AvgIpc) is 2.35. The highest BCUT2D eigenvalue weighted by Crippen LogP contribution is 2.31. The van der Waals surface area contributed by atoms with Gasteiger partial charge in [-0.3, -0.25) is 0 Å². The van der Waals surface area contributed by atoms with Crippen LogP contribution in [0.3, 0.4) is 0 Å². The summed E-state index contributed by atoms with van der Waals surface area (Å²) < 4.78 is 0. The lowest BCUT2D eigenvalue weighted by atomic mass is 9.78. The van der Waals surface area contributed by atoms with Crippen molar-refractivity contribution in [2.75, 3.05) is 6.61 Å². The van der Waals surface area contributed by atoms with Crippen molar-refractivity contribution in [3.8, 4) is 0 Å². The summed E-state index contributed by atoms with van der Waals surface area (Å²) in [6.45, 7) is 7.04. The first-order chi connectivity index (χ1) is 7.69. The fourth-order valence-corrected chi connectivity index (χ4v) is 2.89. The Hall–Kier alpha value is -0.0800. The van der Waals surface area contributed by atoms with Crippen LogP contribution >= 0.6 is 0 Å². The molecule has 0 aromatic heterocycles. The summed E-state index contributed by atoms with van der Waals surface area (Å²) in [5.74, 6) is 1.63. The Labute approximate surface area is 101 Å². The van der Waals surface area contributed by atoms with Crippen LogP contribution in [0.5, 0.6) is 0 Å². The number of aliphatic hydroxyl groups is 1. The zero-order valence-corrected chi connectivity index (χ0v) is 11.2. The maximum Gasteiger partial charge on any atom is 0.0584 e. The molecule has 0 spiro atoms. The summed E-state index contributed by atoms with van der Waals surface area (Å²) in [5, 5.41) is 12.8. The van der Waals surface area contributed by atoms with Gasteiger partial charge in [0.1, 0.15) is 0 Å². The minimum Gasteiger partial charge on any atom is -0.395 e. The fourth-order valence-electron chi connectivity index (χ4n) is 2.89. The normalized spacial score (nSPS) is 24.0. The molecule has 0 aromatic carbocycles. The molecule has 1 fully saturated rings. The predicted molar refractivity (Wildman–Crippen MR) is 69.5 cm³/mol. The smallest absolute Gasteiger partial charge is 0.0584 e. The molecule has 0 saturated heterocycles. The molecule has 1 aliphatic carbocycles. The Kier molecular flexibility index (Phi) is 6.37. The van der Waals surface area contributed by atoms with Crippen molar-refractivity contribution in [2.45, 2.75) is 71.4 Å². The highest BCUT2D eigenvalue weighted by Gasteiger charge is 2.25. The van der Waals surface area contributed by atoms with Gasteiger partial charge in [0.15, 0.2) is 0 Å². The van der Waals surface area contributed by atoms with E-state index in [1.165, 1.54) is 32.1 Å². The van der Waals surface area contributed by atoms with E-state index >= 15 is 0 Å². The Morgan fingerprint density at radius 3 is 2.31 bits per heavy atom. The standard InChI is InChI=1S/C14H29NO/c1-4-14(10-16)15-12(3)11(2)13-8-6-5-7-9-13/h11-16H,4-10H2,1-3H3/t11?,12?,14-/m1/s1. The van der Waals surface area contributed by atoms with Crippen LogP contribution in [0, 0.1) is 11.8 Å². The molecule has 0 aliphatic heterocycles. The number of nitrogens with one attached hydrogen (secondary N) is 1. The highest BCUT2D eigenvalue weighted by atomic mass is 16.3. The van der Waals surface area contributed by atoms with Gasteiger partial charge in [-0.1, -0.05) is 46.0 Å². The van der Waals surface area contributed by atoms with Gasteiger partial charge in [0.25, 0.3) is 0 Å². The zero-order valence-electron chi connectivity index (χ0n) is 11.2. The molecule has 1 rings (SSSR count). The van der Waals surface area contributed by atoms with Gasteiger partial charge in [-0.2, -0.15) is 0 Å². The third kappa shape index (κ3) is 4.06. The van der Waals surface area contributed by atoms with Crippen molar-refractivity contribution in [3.05, 3.63) is 0 Å². The van der Waals surface area contributed by atoms with Crippen LogP contribution in [0.15, 0.2) is 0 Å².